The molecule has 0 aliphatic carbocycles. The van der Waals surface area contributed by atoms with Gasteiger partial charge in [0.1, 0.15) is 12.1 Å². The van der Waals surface area contributed by atoms with Gasteiger partial charge >= 0.3 is 8.80 Å². The van der Waals surface area contributed by atoms with E-state index in [1.54, 1.807) is 0 Å². The van der Waals surface area contributed by atoms with Crippen LogP contribution in [-0.2, 0) is 13.3 Å². The van der Waals surface area contributed by atoms with Crippen LogP contribution in [0.15, 0.2) is 12.2 Å². The number of hydrogen-bond donors (Lipinski definition) is 0. The van der Waals surface area contributed by atoms with Crippen LogP contribution >= 0.6 is 23.2 Å². The first-order chi connectivity index (χ1) is 6.24. The van der Waals surface area contributed by atoms with Crippen molar-refractivity contribution in [2.45, 2.75) is 13.0 Å². The minimum Gasteiger partial charge on any atom is -0.377 e. The van der Waals surface area contributed by atoms with Crippen molar-refractivity contribution in [3.63, 3.8) is 0 Å². The average Bonchev–Trinajstić information content (AvgIpc) is 2.15. The predicted molar refractivity (Wildman–Crippen MR) is 56.0 cm³/mol. The van der Waals surface area contributed by atoms with Crippen molar-refractivity contribution in [2.75, 3.05) is 19.2 Å². The summed E-state index contributed by atoms with van der Waals surface area (Å²) in [6.07, 6.45) is 3.81. The van der Waals surface area contributed by atoms with E-state index < -0.39 is 8.80 Å². The second-order valence-electron chi connectivity index (χ2n) is 2.17. The number of halogens is 2. The normalized spacial score (nSPS) is 12.6. The SMILES string of the molecule is C/C=C/C[Si](OC)(OCCl)OCCl. The molecule has 0 aromatic heterocycles. The number of rotatable bonds is 7. The summed E-state index contributed by atoms with van der Waals surface area (Å²) < 4.78 is 15.7. The van der Waals surface area contributed by atoms with Gasteiger partial charge in [0, 0.05) is 13.2 Å². The highest BCUT2D eigenvalue weighted by atomic mass is 35.5. The topological polar surface area (TPSA) is 27.7 Å². The molecule has 0 saturated carbocycles. The third-order valence-electron chi connectivity index (χ3n) is 1.46. The molecule has 0 N–H and O–H groups in total. The third kappa shape index (κ3) is 5.00. The van der Waals surface area contributed by atoms with Gasteiger partial charge in [-0.1, -0.05) is 35.4 Å². The molecule has 0 amide bonds. The van der Waals surface area contributed by atoms with Crippen LogP contribution in [0.4, 0.5) is 0 Å². The fourth-order valence-electron chi connectivity index (χ4n) is 0.789. The lowest BCUT2D eigenvalue weighted by molar-refractivity contribution is 0.113. The number of alkyl halides is 2. The van der Waals surface area contributed by atoms with E-state index in [0.717, 1.165) is 0 Å². The molecule has 13 heavy (non-hydrogen) atoms. The highest BCUT2D eigenvalue weighted by molar-refractivity contribution is 6.61. The summed E-state index contributed by atoms with van der Waals surface area (Å²) in [4.78, 5) is 0. The predicted octanol–water partition coefficient (Wildman–Crippen LogP) is 2.57. The zero-order chi connectivity index (χ0) is 10.2. The van der Waals surface area contributed by atoms with Crippen LogP contribution in [0.5, 0.6) is 0 Å². The molecule has 0 aliphatic heterocycles. The Morgan fingerprint density at radius 3 is 2.08 bits per heavy atom. The molecule has 0 unspecified atom stereocenters. The van der Waals surface area contributed by atoms with Crippen molar-refractivity contribution >= 4 is 32.0 Å². The van der Waals surface area contributed by atoms with Crippen LogP contribution in [0, 0.1) is 0 Å². The van der Waals surface area contributed by atoms with Crippen molar-refractivity contribution in [1.82, 2.24) is 0 Å². The molecule has 0 bridgehead atoms. The number of allylic oxidation sites excluding steroid dienone is 2. The van der Waals surface area contributed by atoms with E-state index in [0.29, 0.717) is 6.04 Å². The van der Waals surface area contributed by atoms with Gasteiger partial charge < -0.3 is 13.3 Å². The summed E-state index contributed by atoms with van der Waals surface area (Å²) in [7, 11) is -1.10. The van der Waals surface area contributed by atoms with Gasteiger partial charge in [0.05, 0.1) is 0 Å². The smallest absolute Gasteiger partial charge is 0.377 e. The maximum absolute atomic E-state index is 5.46. The molecule has 0 radical (unpaired) electrons. The van der Waals surface area contributed by atoms with Crippen LogP contribution in [0.1, 0.15) is 6.92 Å². The maximum atomic E-state index is 5.46. The fraction of sp³-hybridized carbons (Fsp3) is 0.714. The summed E-state index contributed by atoms with van der Waals surface area (Å²) in [5, 5.41) is 0. The monoisotopic (exact) mass is 244 g/mol. The highest BCUT2D eigenvalue weighted by Crippen LogP contribution is 2.16. The van der Waals surface area contributed by atoms with Crippen molar-refractivity contribution in [1.29, 1.82) is 0 Å². The largest absolute Gasteiger partial charge is 0.506 e. The minimum absolute atomic E-state index is 0.0501. The quantitative estimate of drug-likeness (QED) is 0.392. The molecule has 6 heteroatoms. The molecule has 3 nitrogen and oxygen atoms in total. The van der Waals surface area contributed by atoms with Crippen molar-refractivity contribution in [3.8, 4) is 0 Å². The molecular weight excluding hydrogens is 231 g/mol. The summed E-state index contributed by atoms with van der Waals surface area (Å²) in [6, 6.07) is 0.683. The second-order valence-corrected chi connectivity index (χ2v) is 5.36. The van der Waals surface area contributed by atoms with Crippen LogP contribution in [0.25, 0.3) is 0 Å². The molecule has 0 saturated heterocycles. The van der Waals surface area contributed by atoms with Crippen LogP contribution < -0.4 is 0 Å². The van der Waals surface area contributed by atoms with E-state index in [9.17, 15) is 0 Å². The molecule has 0 atom stereocenters. The minimum atomic E-state index is -2.64. The lowest BCUT2D eigenvalue weighted by Gasteiger charge is -2.24. The van der Waals surface area contributed by atoms with E-state index in [1.165, 1.54) is 7.11 Å². The zero-order valence-electron chi connectivity index (χ0n) is 7.76. The van der Waals surface area contributed by atoms with Crippen molar-refractivity contribution < 1.29 is 13.3 Å². The lowest BCUT2D eigenvalue weighted by atomic mass is 10.6. The molecule has 0 aromatic rings. The molecular formula is C7H14Cl2O3Si. The summed E-state index contributed by atoms with van der Waals surface area (Å²) in [5.41, 5.74) is 0. The summed E-state index contributed by atoms with van der Waals surface area (Å²) in [5.74, 6) is 0. The Kier molecular flexibility index (Phi) is 8.04. The Labute approximate surface area is 89.9 Å². The van der Waals surface area contributed by atoms with Gasteiger partial charge in [-0.2, -0.15) is 0 Å². The molecule has 78 valence electrons. The van der Waals surface area contributed by atoms with Gasteiger partial charge in [0.2, 0.25) is 0 Å². The maximum Gasteiger partial charge on any atom is 0.506 e. The molecule has 0 fully saturated rings. The Hall–Kier alpha value is 0.417. The molecule has 0 aliphatic rings. The Bertz CT molecular complexity index is 149. The first-order valence-electron chi connectivity index (χ1n) is 3.80. The van der Waals surface area contributed by atoms with Crippen LogP contribution in [0.3, 0.4) is 0 Å². The van der Waals surface area contributed by atoms with Gasteiger partial charge in [-0.05, 0) is 6.92 Å². The van der Waals surface area contributed by atoms with E-state index in [1.807, 2.05) is 19.1 Å². The molecule has 0 spiro atoms. The van der Waals surface area contributed by atoms with E-state index in [-0.39, 0.29) is 12.1 Å². The zero-order valence-corrected chi connectivity index (χ0v) is 10.3. The third-order valence-corrected chi connectivity index (χ3v) is 4.57. The second kappa shape index (κ2) is 7.79. The Morgan fingerprint density at radius 2 is 1.77 bits per heavy atom. The standard InChI is InChI=1S/C7H14Cl2O3Si/c1-3-4-5-13(10-2,11-6-8)12-7-9/h3-4H,5-7H2,1-2H3/b4-3+. The van der Waals surface area contributed by atoms with Gasteiger partial charge in [-0.25, -0.2) is 0 Å². The fourth-order valence-corrected chi connectivity index (χ4v) is 3.36. The van der Waals surface area contributed by atoms with E-state index in [4.69, 9.17) is 36.5 Å². The van der Waals surface area contributed by atoms with Crippen LogP contribution in [0.2, 0.25) is 6.04 Å². The molecule has 0 aromatic carbocycles. The summed E-state index contributed by atoms with van der Waals surface area (Å²) >= 11 is 10.9. The van der Waals surface area contributed by atoms with Crippen molar-refractivity contribution in [2.24, 2.45) is 0 Å². The Morgan fingerprint density at radius 1 is 1.23 bits per heavy atom. The Balaban J connectivity index is 4.24. The van der Waals surface area contributed by atoms with E-state index in [2.05, 4.69) is 0 Å². The van der Waals surface area contributed by atoms with E-state index >= 15 is 0 Å². The van der Waals surface area contributed by atoms with Crippen molar-refractivity contribution in [3.05, 3.63) is 12.2 Å². The first-order valence-corrected chi connectivity index (χ1v) is 6.81. The van der Waals surface area contributed by atoms with Crippen LogP contribution in [-0.4, -0.2) is 28.0 Å². The van der Waals surface area contributed by atoms with Gasteiger partial charge in [0.15, 0.2) is 0 Å². The first kappa shape index (κ1) is 13.4. The summed E-state index contributed by atoms with van der Waals surface area (Å²) in [6.45, 7) is 1.91. The molecule has 0 heterocycles. The highest BCUT2D eigenvalue weighted by Gasteiger charge is 2.38. The van der Waals surface area contributed by atoms with Gasteiger partial charge in [0.25, 0.3) is 0 Å². The average molecular weight is 245 g/mol. The van der Waals surface area contributed by atoms with Gasteiger partial charge in [-0.15, -0.1) is 0 Å². The number of hydrogen-bond acceptors (Lipinski definition) is 3. The molecule has 0 rings (SSSR count). The van der Waals surface area contributed by atoms with Gasteiger partial charge in [-0.3, -0.25) is 0 Å². The lowest BCUT2D eigenvalue weighted by Crippen LogP contribution is -2.43.